The number of carbonyl (C=O) groups excluding carboxylic acids is 1. The molecule has 1 unspecified atom stereocenters. The Labute approximate surface area is 127 Å². The van der Waals surface area contributed by atoms with Gasteiger partial charge in [0, 0.05) is 30.3 Å². The number of nitrogens with one attached hydrogen (secondary N) is 2. The summed E-state index contributed by atoms with van der Waals surface area (Å²) in [4.78, 5) is 14.2. The lowest BCUT2D eigenvalue weighted by atomic mass is 10.1. The van der Waals surface area contributed by atoms with Gasteiger partial charge in [-0.25, -0.2) is 0 Å². The van der Waals surface area contributed by atoms with Gasteiger partial charge < -0.3 is 20.3 Å². The lowest BCUT2D eigenvalue weighted by Gasteiger charge is -2.37. The summed E-state index contributed by atoms with van der Waals surface area (Å²) >= 11 is 3.51. The zero-order valence-corrected chi connectivity index (χ0v) is 13.4. The van der Waals surface area contributed by atoms with Crippen molar-refractivity contribution in [2.24, 2.45) is 0 Å². The largest absolute Gasteiger partial charge is 0.377 e. The van der Waals surface area contributed by atoms with Crippen LogP contribution in [-0.2, 0) is 16.1 Å². The smallest absolute Gasteiger partial charge is 0.244 e. The van der Waals surface area contributed by atoms with Gasteiger partial charge in [0.2, 0.25) is 5.91 Å². The summed E-state index contributed by atoms with van der Waals surface area (Å²) in [5.74, 6) is -0.0138. The van der Waals surface area contributed by atoms with Crippen molar-refractivity contribution >= 4 is 27.5 Å². The van der Waals surface area contributed by atoms with Crippen LogP contribution in [0.4, 0.5) is 5.69 Å². The van der Waals surface area contributed by atoms with Crippen molar-refractivity contribution in [1.82, 2.24) is 10.6 Å². The second-order valence-electron chi connectivity index (χ2n) is 4.70. The highest BCUT2D eigenvalue weighted by Crippen LogP contribution is 2.28. The molecule has 2 rings (SSSR count). The van der Waals surface area contributed by atoms with E-state index in [1.807, 2.05) is 13.1 Å². The topological polar surface area (TPSA) is 53.6 Å². The average Bonchev–Trinajstić information content (AvgIpc) is 2.48. The molecule has 1 heterocycles. The van der Waals surface area contributed by atoms with Gasteiger partial charge in [-0.05, 0) is 24.7 Å². The summed E-state index contributed by atoms with van der Waals surface area (Å²) in [6, 6.07) is 5.88. The predicted octanol–water partition coefficient (Wildman–Crippen LogP) is 1.12. The Bertz CT molecular complexity index is 481. The monoisotopic (exact) mass is 341 g/mol. The number of hydrogen-bond donors (Lipinski definition) is 2. The third-order valence-corrected chi connectivity index (χ3v) is 3.89. The fraction of sp³-hybridized carbons (Fsp3) is 0.500. The number of nitrogens with zero attached hydrogens (tertiary/aromatic N) is 1. The Morgan fingerprint density at radius 2 is 2.30 bits per heavy atom. The fourth-order valence-corrected chi connectivity index (χ4v) is 2.77. The number of likely N-dealkylation sites (N-methyl/N-ethyl adjacent to an activating group) is 1. The molecule has 1 aliphatic rings. The van der Waals surface area contributed by atoms with Crippen LogP contribution in [0.3, 0.4) is 0 Å². The molecule has 0 aromatic heterocycles. The van der Waals surface area contributed by atoms with Gasteiger partial charge in [-0.2, -0.15) is 0 Å². The van der Waals surface area contributed by atoms with E-state index in [1.54, 1.807) is 7.05 Å². The van der Waals surface area contributed by atoms with E-state index < -0.39 is 0 Å². The molecule has 1 amide bonds. The number of morpholine rings is 1. The van der Waals surface area contributed by atoms with Gasteiger partial charge in [0.25, 0.3) is 0 Å². The Hall–Kier alpha value is -1.11. The first-order valence-corrected chi connectivity index (χ1v) is 7.45. The molecule has 2 N–H and O–H groups in total. The van der Waals surface area contributed by atoms with Crippen LogP contribution in [0.5, 0.6) is 0 Å². The number of ether oxygens (including phenoxy) is 1. The minimum absolute atomic E-state index is 0.0138. The molecular weight excluding hydrogens is 322 g/mol. The Morgan fingerprint density at radius 3 is 3.00 bits per heavy atom. The van der Waals surface area contributed by atoms with E-state index in [2.05, 4.69) is 43.6 Å². The van der Waals surface area contributed by atoms with Crippen LogP contribution in [0.1, 0.15) is 5.56 Å². The van der Waals surface area contributed by atoms with Crippen LogP contribution in [0.15, 0.2) is 22.7 Å². The van der Waals surface area contributed by atoms with E-state index in [1.165, 1.54) is 5.56 Å². The molecule has 0 aliphatic carbocycles. The molecule has 6 heteroatoms. The molecule has 1 saturated heterocycles. The Balaban J connectivity index is 2.35. The summed E-state index contributed by atoms with van der Waals surface area (Å²) in [7, 11) is 3.58. The summed E-state index contributed by atoms with van der Waals surface area (Å²) in [5.41, 5.74) is 2.25. The quantitative estimate of drug-likeness (QED) is 0.861. The van der Waals surface area contributed by atoms with Crippen LogP contribution in [-0.4, -0.2) is 45.8 Å². The van der Waals surface area contributed by atoms with Gasteiger partial charge in [-0.3, -0.25) is 4.79 Å². The maximum absolute atomic E-state index is 12.0. The zero-order valence-electron chi connectivity index (χ0n) is 11.8. The standard InChI is InChI=1S/C14H20BrN3O2/c1-16-8-10-3-4-11(15)7-12(10)18-5-6-20-9-13(18)14(19)17-2/h3-4,7,13,16H,5-6,8-9H2,1-2H3,(H,17,19). The molecule has 1 atom stereocenters. The summed E-state index contributed by atoms with van der Waals surface area (Å²) in [6.45, 7) is 2.54. The minimum Gasteiger partial charge on any atom is -0.377 e. The molecule has 5 nitrogen and oxygen atoms in total. The molecule has 0 bridgehead atoms. The first-order chi connectivity index (χ1) is 9.67. The highest BCUT2D eigenvalue weighted by molar-refractivity contribution is 9.10. The molecule has 0 spiro atoms. The van der Waals surface area contributed by atoms with Crippen molar-refractivity contribution in [2.45, 2.75) is 12.6 Å². The SMILES string of the molecule is CNCc1ccc(Br)cc1N1CCOCC1C(=O)NC. The molecule has 1 aromatic rings. The molecule has 0 saturated carbocycles. The van der Waals surface area contributed by atoms with Crippen LogP contribution < -0.4 is 15.5 Å². The number of rotatable bonds is 4. The molecule has 0 radical (unpaired) electrons. The third kappa shape index (κ3) is 3.31. The first-order valence-electron chi connectivity index (χ1n) is 6.66. The van der Waals surface area contributed by atoms with E-state index in [-0.39, 0.29) is 11.9 Å². The number of amides is 1. The van der Waals surface area contributed by atoms with Crippen molar-refractivity contribution in [2.75, 3.05) is 38.8 Å². The maximum atomic E-state index is 12.0. The van der Waals surface area contributed by atoms with Gasteiger partial charge >= 0.3 is 0 Å². The first kappa shape index (κ1) is 15.3. The maximum Gasteiger partial charge on any atom is 0.244 e. The molecule has 110 valence electrons. The fourth-order valence-electron chi connectivity index (χ4n) is 2.42. The van der Waals surface area contributed by atoms with Crippen LogP contribution in [0, 0.1) is 0 Å². The van der Waals surface area contributed by atoms with Gasteiger partial charge in [0.15, 0.2) is 0 Å². The second kappa shape index (κ2) is 7.06. The van der Waals surface area contributed by atoms with E-state index in [4.69, 9.17) is 4.74 Å². The van der Waals surface area contributed by atoms with Crippen molar-refractivity contribution < 1.29 is 9.53 Å². The van der Waals surface area contributed by atoms with E-state index >= 15 is 0 Å². The number of benzene rings is 1. The number of hydrogen-bond acceptors (Lipinski definition) is 4. The van der Waals surface area contributed by atoms with Crippen LogP contribution >= 0.6 is 15.9 Å². The minimum atomic E-state index is -0.279. The summed E-state index contributed by atoms with van der Waals surface area (Å²) in [5, 5.41) is 5.88. The summed E-state index contributed by atoms with van der Waals surface area (Å²) < 4.78 is 6.47. The Kier molecular flexibility index (Phi) is 5.39. The van der Waals surface area contributed by atoms with E-state index in [0.29, 0.717) is 19.8 Å². The Morgan fingerprint density at radius 1 is 1.50 bits per heavy atom. The van der Waals surface area contributed by atoms with Crippen LogP contribution in [0.25, 0.3) is 0 Å². The molecule has 1 fully saturated rings. The molecule has 1 aromatic carbocycles. The predicted molar refractivity (Wildman–Crippen MR) is 82.9 cm³/mol. The third-order valence-electron chi connectivity index (χ3n) is 3.40. The number of carbonyl (C=O) groups is 1. The number of halogens is 1. The van der Waals surface area contributed by atoms with Crippen molar-refractivity contribution in [3.63, 3.8) is 0 Å². The number of anilines is 1. The van der Waals surface area contributed by atoms with Gasteiger partial charge in [-0.1, -0.05) is 22.0 Å². The normalized spacial score (nSPS) is 18.9. The van der Waals surface area contributed by atoms with Crippen molar-refractivity contribution in [3.05, 3.63) is 28.2 Å². The lowest BCUT2D eigenvalue weighted by molar-refractivity contribution is -0.124. The van der Waals surface area contributed by atoms with Gasteiger partial charge in [0.1, 0.15) is 6.04 Å². The van der Waals surface area contributed by atoms with Gasteiger partial charge in [-0.15, -0.1) is 0 Å². The van der Waals surface area contributed by atoms with Crippen molar-refractivity contribution in [3.8, 4) is 0 Å². The van der Waals surface area contributed by atoms with Gasteiger partial charge in [0.05, 0.1) is 13.2 Å². The molecule has 20 heavy (non-hydrogen) atoms. The lowest BCUT2D eigenvalue weighted by Crippen LogP contribution is -2.53. The highest BCUT2D eigenvalue weighted by Gasteiger charge is 2.30. The van der Waals surface area contributed by atoms with E-state index in [9.17, 15) is 4.79 Å². The summed E-state index contributed by atoms with van der Waals surface area (Å²) in [6.07, 6.45) is 0. The van der Waals surface area contributed by atoms with Crippen LogP contribution in [0.2, 0.25) is 0 Å². The van der Waals surface area contributed by atoms with Crippen molar-refractivity contribution in [1.29, 1.82) is 0 Å². The average molecular weight is 342 g/mol. The zero-order chi connectivity index (χ0) is 14.5. The highest BCUT2D eigenvalue weighted by atomic mass is 79.9. The molecular formula is C14H20BrN3O2. The van der Waals surface area contributed by atoms with E-state index in [0.717, 1.165) is 16.7 Å². The molecule has 1 aliphatic heterocycles. The second-order valence-corrected chi connectivity index (χ2v) is 5.62.